The van der Waals surface area contributed by atoms with Crippen molar-refractivity contribution >= 4 is 28.4 Å². The lowest BCUT2D eigenvalue weighted by Gasteiger charge is -2.31. The van der Waals surface area contributed by atoms with Gasteiger partial charge >= 0.3 is 0 Å². The SMILES string of the molecule is C/C=C\C(=C/CC)C(=O)N1CCC(C(=O)Nc2cc3cc(-c4cnn(C)c4)ccc3cn2)CC1. The van der Waals surface area contributed by atoms with Gasteiger partial charge in [0.2, 0.25) is 5.91 Å². The lowest BCUT2D eigenvalue weighted by atomic mass is 9.95. The van der Waals surface area contributed by atoms with E-state index in [-0.39, 0.29) is 17.7 Å². The van der Waals surface area contributed by atoms with Crippen LogP contribution in [-0.4, -0.2) is 44.6 Å². The van der Waals surface area contributed by atoms with Gasteiger partial charge < -0.3 is 10.2 Å². The number of pyridine rings is 1. The van der Waals surface area contributed by atoms with Crippen LogP contribution >= 0.6 is 0 Å². The van der Waals surface area contributed by atoms with Crippen molar-refractivity contribution in [2.24, 2.45) is 13.0 Å². The van der Waals surface area contributed by atoms with Crippen LogP contribution in [0.2, 0.25) is 0 Å². The Morgan fingerprint density at radius 2 is 1.91 bits per heavy atom. The summed E-state index contributed by atoms with van der Waals surface area (Å²) in [7, 11) is 1.89. The fraction of sp³-hybridized carbons (Fsp3) is 0.333. The van der Waals surface area contributed by atoms with Gasteiger partial charge in [-0.15, -0.1) is 0 Å². The Morgan fingerprint density at radius 3 is 2.59 bits per heavy atom. The number of allylic oxidation sites excluding steroid dienone is 2. The van der Waals surface area contributed by atoms with Crippen molar-refractivity contribution in [3.05, 3.63) is 66.7 Å². The molecule has 0 spiro atoms. The topological polar surface area (TPSA) is 80.1 Å². The molecule has 0 saturated carbocycles. The number of fused-ring (bicyclic) bond motifs is 1. The summed E-state index contributed by atoms with van der Waals surface area (Å²) < 4.78 is 1.78. The highest BCUT2D eigenvalue weighted by atomic mass is 16.2. The van der Waals surface area contributed by atoms with E-state index in [0.29, 0.717) is 31.7 Å². The van der Waals surface area contributed by atoms with E-state index in [1.165, 1.54) is 0 Å². The molecule has 1 aliphatic rings. The molecule has 7 heteroatoms. The zero-order chi connectivity index (χ0) is 24.1. The molecule has 0 atom stereocenters. The molecule has 1 fully saturated rings. The molecule has 1 N–H and O–H groups in total. The number of piperidine rings is 1. The maximum atomic E-state index is 12.9. The number of carbonyl (C=O) groups excluding carboxylic acids is 2. The summed E-state index contributed by atoms with van der Waals surface area (Å²) in [6.45, 7) is 5.09. The summed E-state index contributed by atoms with van der Waals surface area (Å²) in [5, 5.41) is 9.24. The first-order chi connectivity index (χ1) is 16.5. The second-order valence-electron chi connectivity index (χ2n) is 8.66. The van der Waals surface area contributed by atoms with Gasteiger partial charge in [-0.25, -0.2) is 4.98 Å². The molecule has 2 amide bonds. The number of nitrogens with zero attached hydrogens (tertiary/aromatic N) is 4. The second kappa shape index (κ2) is 10.5. The lowest BCUT2D eigenvalue weighted by Crippen LogP contribution is -2.42. The third kappa shape index (κ3) is 5.25. The van der Waals surface area contributed by atoms with Crippen molar-refractivity contribution in [3.63, 3.8) is 0 Å². The highest BCUT2D eigenvalue weighted by Crippen LogP contribution is 2.26. The molecule has 7 nitrogen and oxygen atoms in total. The van der Waals surface area contributed by atoms with E-state index >= 15 is 0 Å². The van der Waals surface area contributed by atoms with Gasteiger partial charge in [0.05, 0.1) is 6.20 Å². The summed E-state index contributed by atoms with van der Waals surface area (Å²) in [6, 6.07) is 8.06. The number of amides is 2. The Balaban J connectivity index is 1.40. The predicted octanol–water partition coefficient (Wildman–Crippen LogP) is 4.72. The molecule has 3 aromatic rings. The number of hydrogen-bond acceptors (Lipinski definition) is 4. The Morgan fingerprint density at radius 1 is 1.12 bits per heavy atom. The normalized spacial score (nSPS) is 15.3. The van der Waals surface area contributed by atoms with E-state index in [1.54, 1.807) is 10.9 Å². The molecule has 4 rings (SSSR count). The smallest absolute Gasteiger partial charge is 0.253 e. The molecule has 0 bridgehead atoms. The summed E-state index contributed by atoms with van der Waals surface area (Å²) in [6.07, 6.45) is 13.4. The van der Waals surface area contributed by atoms with Crippen molar-refractivity contribution in [1.29, 1.82) is 0 Å². The van der Waals surface area contributed by atoms with Crippen LogP contribution in [-0.2, 0) is 16.6 Å². The maximum Gasteiger partial charge on any atom is 0.253 e. The fourth-order valence-electron chi connectivity index (χ4n) is 4.34. The van der Waals surface area contributed by atoms with E-state index in [2.05, 4.69) is 21.5 Å². The van der Waals surface area contributed by atoms with Gasteiger partial charge in [-0.3, -0.25) is 14.3 Å². The number of aryl methyl sites for hydroxylation is 1. The lowest BCUT2D eigenvalue weighted by molar-refractivity contribution is -0.130. The van der Waals surface area contributed by atoms with E-state index in [0.717, 1.165) is 33.9 Å². The van der Waals surface area contributed by atoms with Crippen LogP contribution in [0.15, 0.2) is 66.7 Å². The molecular formula is C27H31N5O2. The average molecular weight is 458 g/mol. The van der Waals surface area contributed by atoms with Crippen LogP contribution < -0.4 is 5.32 Å². The number of carbonyl (C=O) groups is 2. The quantitative estimate of drug-likeness (QED) is 0.429. The minimum Gasteiger partial charge on any atom is -0.339 e. The van der Waals surface area contributed by atoms with Gasteiger partial charge in [-0.1, -0.05) is 37.3 Å². The Labute approximate surface area is 200 Å². The van der Waals surface area contributed by atoms with E-state index < -0.39 is 0 Å². The predicted molar refractivity (Wildman–Crippen MR) is 135 cm³/mol. The third-order valence-electron chi connectivity index (χ3n) is 6.18. The van der Waals surface area contributed by atoms with Gasteiger partial charge in [-0.05, 0) is 49.3 Å². The molecule has 0 unspecified atom stereocenters. The molecular weight excluding hydrogens is 426 g/mol. The van der Waals surface area contributed by atoms with Crippen molar-refractivity contribution in [3.8, 4) is 11.1 Å². The first kappa shape index (κ1) is 23.4. The Kier molecular flexibility index (Phi) is 7.21. The summed E-state index contributed by atoms with van der Waals surface area (Å²) in [5.41, 5.74) is 2.83. The van der Waals surface area contributed by atoms with Gasteiger partial charge in [0.15, 0.2) is 0 Å². The number of benzene rings is 1. The van der Waals surface area contributed by atoms with Crippen molar-refractivity contribution in [1.82, 2.24) is 19.7 Å². The molecule has 0 radical (unpaired) electrons. The van der Waals surface area contributed by atoms with E-state index in [9.17, 15) is 9.59 Å². The minimum atomic E-state index is -0.136. The molecule has 3 heterocycles. The molecule has 1 aliphatic heterocycles. The molecule has 1 aromatic carbocycles. The highest BCUT2D eigenvalue weighted by Gasteiger charge is 2.28. The number of hydrogen-bond donors (Lipinski definition) is 1. The van der Waals surface area contributed by atoms with Crippen molar-refractivity contribution < 1.29 is 9.59 Å². The zero-order valence-electron chi connectivity index (χ0n) is 20.0. The number of anilines is 1. The monoisotopic (exact) mass is 457 g/mol. The standard InChI is InChI=1S/C27H31N5O2/c1-4-6-20(7-5-2)27(34)32-12-10-19(11-13-32)26(33)30-25-15-23-14-21(8-9-22(23)16-28-25)24-17-29-31(3)18-24/h4,6-9,14-19H,5,10-13H2,1-3H3,(H,28,30,33)/b6-4-,20-7+. The van der Waals surface area contributed by atoms with Gasteiger partial charge in [0, 0.05) is 55.0 Å². The van der Waals surface area contributed by atoms with Gasteiger partial charge in [0.1, 0.15) is 5.82 Å². The number of nitrogens with one attached hydrogen (secondary N) is 1. The summed E-state index contributed by atoms with van der Waals surface area (Å²) in [4.78, 5) is 32.0. The first-order valence-electron chi connectivity index (χ1n) is 11.8. The summed E-state index contributed by atoms with van der Waals surface area (Å²) in [5.74, 6) is 0.406. The minimum absolute atomic E-state index is 0.0411. The highest BCUT2D eigenvalue weighted by molar-refractivity contribution is 5.97. The fourth-order valence-corrected chi connectivity index (χ4v) is 4.34. The molecule has 176 valence electrons. The van der Waals surface area contributed by atoms with Crippen LogP contribution in [0.4, 0.5) is 5.82 Å². The van der Waals surface area contributed by atoms with Crippen LogP contribution in [0.3, 0.4) is 0 Å². The van der Waals surface area contributed by atoms with Crippen molar-refractivity contribution in [2.45, 2.75) is 33.1 Å². The van der Waals surface area contributed by atoms with Crippen molar-refractivity contribution in [2.75, 3.05) is 18.4 Å². The number of rotatable bonds is 6. The molecule has 1 saturated heterocycles. The number of aromatic nitrogens is 3. The summed E-state index contributed by atoms with van der Waals surface area (Å²) >= 11 is 0. The van der Waals surface area contributed by atoms with Gasteiger partial charge in [-0.2, -0.15) is 5.10 Å². The van der Waals surface area contributed by atoms with Crippen LogP contribution in [0, 0.1) is 5.92 Å². The van der Waals surface area contributed by atoms with Crippen LogP contribution in [0.5, 0.6) is 0 Å². The molecule has 0 aliphatic carbocycles. The van der Waals surface area contributed by atoms with Crippen LogP contribution in [0.25, 0.3) is 21.9 Å². The Bertz CT molecular complexity index is 1250. The average Bonchev–Trinajstić information content (AvgIpc) is 3.29. The van der Waals surface area contributed by atoms with E-state index in [1.807, 2.05) is 74.6 Å². The Hall–Kier alpha value is -3.74. The largest absolute Gasteiger partial charge is 0.339 e. The van der Waals surface area contributed by atoms with E-state index in [4.69, 9.17) is 0 Å². The molecule has 34 heavy (non-hydrogen) atoms. The van der Waals surface area contributed by atoms with Gasteiger partial charge in [0.25, 0.3) is 5.91 Å². The number of likely N-dealkylation sites (tertiary alicyclic amines) is 1. The zero-order valence-corrected chi connectivity index (χ0v) is 20.0. The first-order valence-corrected chi connectivity index (χ1v) is 11.8. The maximum absolute atomic E-state index is 12.9. The second-order valence-corrected chi connectivity index (χ2v) is 8.66. The third-order valence-corrected chi connectivity index (χ3v) is 6.18. The van der Waals surface area contributed by atoms with Crippen LogP contribution in [0.1, 0.15) is 33.1 Å². The molecule has 2 aromatic heterocycles.